The number of hydrogen-bond donors (Lipinski definition) is 1. The summed E-state index contributed by atoms with van der Waals surface area (Å²) >= 11 is 3.37. The van der Waals surface area contributed by atoms with E-state index in [0.717, 1.165) is 5.56 Å². The van der Waals surface area contributed by atoms with Crippen LogP contribution in [0, 0.1) is 10.1 Å². The quantitative estimate of drug-likeness (QED) is 0.569. The van der Waals surface area contributed by atoms with E-state index in [4.69, 9.17) is 0 Å². The molecule has 0 aliphatic rings. The molecule has 0 aliphatic carbocycles. The third-order valence-electron chi connectivity index (χ3n) is 3.83. The molecule has 24 heavy (non-hydrogen) atoms. The second-order valence-electron chi connectivity index (χ2n) is 5.95. The highest BCUT2D eigenvalue weighted by atomic mass is 79.9. The number of benzene rings is 1. The second-order valence-corrected chi connectivity index (χ2v) is 6.80. The number of anilines is 1. The molecule has 2 rings (SSSR count). The van der Waals surface area contributed by atoms with E-state index in [-0.39, 0.29) is 5.69 Å². The topological polar surface area (TPSA) is 79.5 Å². The lowest BCUT2D eigenvalue weighted by atomic mass is 10.0. The van der Waals surface area contributed by atoms with Crippen LogP contribution in [0.4, 0.5) is 11.5 Å². The molecule has 0 bridgehead atoms. The van der Waals surface area contributed by atoms with Crippen LogP contribution in [0.15, 0.2) is 47.1 Å². The van der Waals surface area contributed by atoms with Gasteiger partial charge in [0.1, 0.15) is 12.0 Å². The summed E-state index contributed by atoms with van der Waals surface area (Å²) in [6.07, 6.45) is 1.82. The molecule has 1 aromatic heterocycles. The Hall–Kier alpha value is -1.99. The zero-order chi connectivity index (χ0) is 17.7. The monoisotopic (exact) mass is 393 g/mol. The van der Waals surface area contributed by atoms with Crippen molar-refractivity contribution < 1.29 is 10.0 Å². The largest absolute Gasteiger partial charge is 0.388 e. The van der Waals surface area contributed by atoms with E-state index in [1.165, 1.54) is 12.3 Å². The van der Waals surface area contributed by atoms with E-state index in [1.807, 2.05) is 42.2 Å². The van der Waals surface area contributed by atoms with Gasteiger partial charge < -0.3 is 10.0 Å². The highest BCUT2D eigenvalue weighted by molar-refractivity contribution is 9.10. The third-order valence-corrected chi connectivity index (χ3v) is 4.41. The summed E-state index contributed by atoms with van der Waals surface area (Å²) in [5.74, 6) is 0.568. The number of nitro groups is 1. The highest BCUT2D eigenvalue weighted by Crippen LogP contribution is 2.30. The van der Waals surface area contributed by atoms with E-state index in [0.29, 0.717) is 29.8 Å². The number of aliphatic hydroxyl groups is 1. The molecule has 0 radical (unpaired) electrons. The molecule has 1 heterocycles. The number of hydrogen-bond acceptors (Lipinski definition) is 5. The number of pyridine rings is 1. The van der Waals surface area contributed by atoms with Crippen molar-refractivity contribution in [2.45, 2.75) is 32.4 Å². The van der Waals surface area contributed by atoms with Crippen LogP contribution in [0.1, 0.15) is 25.8 Å². The Labute approximate surface area is 149 Å². The molecule has 0 unspecified atom stereocenters. The van der Waals surface area contributed by atoms with Crippen molar-refractivity contribution in [2.24, 2.45) is 0 Å². The van der Waals surface area contributed by atoms with Gasteiger partial charge in [-0.1, -0.05) is 37.3 Å². The summed E-state index contributed by atoms with van der Waals surface area (Å²) in [5, 5.41) is 21.4. The smallest absolute Gasteiger partial charge is 0.288 e. The summed E-state index contributed by atoms with van der Waals surface area (Å²) in [6.45, 7) is 4.59. The van der Waals surface area contributed by atoms with Crippen LogP contribution in [0.5, 0.6) is 0 Å². The second kappa shape index (κ2) is 7.72. The Kier molecular flexibility index (Phi) is 5.90. The van der Waals surface area contributed by atoms with Crippen molar-refractivity contribution in [3.8, 4) is 0 Å². The van der Waals surface area contributed by atoms with Gasteiger partial charge >= 0.3 is 0 Å². The fourth-order valence-electron chi connectivity index (χ4n) is 2.29. The Balaban J connectivity index is 2.36. The minimum Gasteiger partial charge on any atom is -0.388 e. The van der Waals surface area contributed by atoms with E-state index in [2.05, 4.69) is 20.9 Å². The molecule has 1 aromatic carbocycles. The number of aromatic nitrogens is 1. The Morgan fingerprint density at radius 3 is 2.58 bits per heavy atom. The van der Waals surface area contributed by atoms with Gasteiger partial charge in [-0.25, -0.2) is 4.98 Å². The molecule has 2 aromatic rings. The Bertz CT molecular complexity index is 707. The summed E-state index contributed by atoms with van der Waals surface area (Å²) < 4.78 is 0.527. The molecule has 0 saturated heterocycles. The predicted molar refractivity (Wildman–Crippen MR) is 97.0 cm³/mol. The van der Waals surface area contributed by atoms with Gasteiger partial charge in [0.05, 0.1) is 15.0 Å². The normalized spacial score (nSPS) is 13.3. The van der Waals surface area contributed by atoms with Crippen LogP contribution >= 0.6 is 15.9 Å². The van der Waals surface area contributed by atoms with E-state index < -0.39 is 10.5 Å². The van der Waals surface area contributed by atoms with Gasteiger partial charge in [-0.2, -0.15) is 0 Å². The molecule has 6 nitrogen and oxygen atoms in total. The minimum atomic E-state index is -0.891. The van der Waals surface area contributed by atoms with E-state index in [9.17, 15) is 15.2 Å². The number of rotatable bonds is 7. The van der Waals surface area contributed by atoms with Crippen LogP contribution < -0.4 is 4.90 Å². The summed E-state index contributed by atoms with van der Waals surface area (Å²) in [7, 11) is 0. The van der Waals surface area contributed by atoms with Crippen molar-refractivity contribution in [1.82, 2.24) is 4.98 Å². The van der Waals surface area contributed by atoms with Crippen molar-refractivity contribution in [3.63, 3.8) is 0 Å². The molecule has 0 aliphatic heterocycles. The van der Waals surface area contributed by atoms with E-state index >= 15 is 0 Å². The maximum Gasteiger partial charge on any atom is 0.288 e. The van der Waals surface area contributed by atoms with Gasteiger partial charge in [-0.05, 0) is 34.8 Å². The molecule has 0 saturated carbocycles. The SMILES string of the molecule is CC[C@](C)(O)CN(Cc1ccccc1)c1ncc([N+](=O)[O-])cc1Br. The van der Waals surface area contributed by atoms with Crippen molar-refractivity contribution in [1.29, 1.82) is 0 Å². The first-order chi connectivity index (χ1) is 11.3. The number of halogens is 1. The van der Waals surface area contributed by atoms with Crippen LogP contribution in [0.2, 0.25) is 0 Å². The third kappa shape index (κ3) is 4.75. The fraction of sp³-hybridized carbons (Fsp3) is 0.353. The maximum atomic E-state index is 10.9. The van der Waals surface area contributed by atoms with Gasteiger partial charge in [0.2, 0.25) is 0 Å². The Morgan fingerprint density at radius 2 is 2.04 bits per heavy atom. The predicted octanol–water partition coefficient (Wildman–Crippen LogP) is 3.92. The molecule has 0 spiro atoms. The van der Waals surface area contributed by atoms with Crippen LogP contribution in [-0.4, -0.2) is 27.2 Å². The van der Waals surface area contributed by atoms with Crippen molar-refractivity contribution >= 4 is 27.4 Å². The zero-order valence-corrected chi connectivity index (χ0v) is 15.2. The van der Waals surface area contributed by atoms with Gasteiger partial charge in [0.25, 0.3) is 5.69 Å². The lowest BCUT2D eigenvalue weighted by Crippen LogP contribution is -2.40. The molecular weight excluding hydrogens is 374 g/mol. The standard InChI is InChI=1S/C17H20BrN3O3/c1-3-17(2,22)12-20(11-13-7-5-4-6-8-13)16-15(18)9-14(10-19-16)21(23)24/h4-10,22H,3,11-12H2,1-2H3/t17-/m0/s1. The average Bonchev–Trinajstić information content (AvgIpc) is 2.55. The van der Waals surface area contributed by atoms with Crippen molar-refractivity contribution in [3.05, 3.63) is 62.7 Å². The number of nitrogens with zero attached hydrogens (tertiary/aromatic N) is 3. The minimum absolute atomic E-state index is 0.0764. The van der Waals surface area contributed by atoms with Crippen LogP contribution in [0.3, 0.4) is 0 Å². The Morgan fingerprint density at radius 1 is 1.38 bits per heavy atom. The molecular formula is C17H20BrN3O3. The first-order valence-corrected chi connectivity index (χ1v) is 8.43. The molecule has 7 heteroatoms. The average molecular weight is 394 g/mol. The first-order valence-electron chi connectivity index (χ1n) is 7.63. The van der Waals surface area contributed by atoms with Crippen LogP contribution in [-0.2, 0) is 6.54 Å². The van der Waals surface area contributed by atoms with Crippen LogP contribution in [0.25, 0.3) is 0 Å². The molecule has 1 N–H and O–H groups in total. The van der Waals surface area contributed by atoms with Crippen molar-refractivity contribution in [2.75, 3.05) is 11.4 Å². The maximum absolute atomic E-state index is 10.9. The molecule has 0 fully saturated rings. The van der Waals surface area contributed by atoms with Gasteiger partial charge in [0.15, 0.2) is 0 Å². The van der Waals surface area contributed by atoms with Gasteiger partial charge in [-0.15, -0.1) is 0 Å². The fourth-order valence-corrected chi connectivity index (χ4v) is 2.87. The van der Waals surface area contributed by atoms with Gasteiger partial charge in [-0.3, -0.25) is 10.1 Å². The van der Waals surface area contributed by atoms with E-state index in [1.54, 1.807) is 6.92 Å². The molecule has 0 amide bonds. The lowest BCUT2D eigenvalue weighted by Gasteiger charge is -2.32. The summed E-state index contributed by atoms with van der Waals surface area (Å²) in [6, 6.07) is 11.3. The summed E-state index contributed by atoms with van der Waals surface area (Å²) in [5.41, 5.74) is 0.0986. The lowest BCUT2D eigenvalue weighted by molar-refractivity contribution is -0.385. The van der Waals surface area contributed by atoms with Gasteiger partial charge in [0, 0.05) is 19.2 Å². The summed E-state index contributed by atoms with van der Waals surface area (Å²) in [4.78, 5) is 16.6. The molecule has 128 valence electrons. The molecule has 1 atom stereocenters. The zero-order valence-electron chi connectivity index (χ0n) is 13.6. The highest BCUT2D eigenvalue weighted by Gasteiger charge is 2.25. The first kappa shape index (κ1) is 18.4.